The molecule has 2 atom stereocenters. The molecule has 4 aromatic rings. The minimum atomic E-state index is -0.460. The van der Waals surface area contributed by atoms with Gasteiger partial charge in [0.2, 0.25) is 5.91 Å². The van der Waals surface area contributed by atoms with Crippen molar-refractivity contribution in [3.8, 4) is 11.1 Å². The number of piperidine rings is 1. The summed E-state index contributed by atoms with van der Waals surface area (Å²) in [5, 5.41) is 0.301. The Bertz CT molecular complexity index is 1830. The molecule has 9 nitrogen and oxygen atoms in total. The number of aryl methyl sites for hydroxylation is 3. The first kappa shape index (κ1) is 32.3. The molecule has 45 heavy (non-hydrogen) atoms. The largest absolute Gasteiger partial charge is 0.385 e. The molecule has 0 spiro atoms. The van der Waals surface area contributed by atoms with E-state index in [0.717, 1.165) is 34.2 Å². The summed E-state index contributed by atoms with van der Waals surface area (Å²) in [4.78, 5) is 39.9. The number of carbonyl (C=O) groups is 1. The van der Waals surface area contributed by atoms with Crippen molar-refractivity contribution in [2.24, 2.45) is 19.8 Å². The standard InChI is InChI=1S/C34H41F2N5O4/c1-21-30-27(35)12-13-28(36)32(30)41(15-6-16-45-4)31(21)24-7-5-14-40(19-24)29(42)18-25(37)17-22-8-10-23(11-9-22)26-20-38(2)34(44)39(3)33(26)43/h8-13,20,24-25H,5-7,14-19,37H2,1-4H3. The number of rotatable bonds is 10. The fourth-order valence-electron chi connectivity index (χ4n) is 6.72. The second-order valence-corrected chi connectivity index (χ2v) is 12.1. The number of hydrogen-bond donors (Lipinski definition) is 1. The predicted octanol–water partition coefficient (Wildman–Crippen LogP) is 3.99. The van der Waals surface area contributed by atoms with Gasteiger partial charge in [-0.05, 0) is 61.4 Å². The summed E-state index contributed by atoms with van der Waals surface area (Å²) in [6, 6.07) is 9.33. The first-order valence-electron chi connectivity index (χ1n) is 15.4. The van der Waals surface area contributed by atoms with Crippen LogP contribution in [0.25, 0.3) is 22.0 Å². The van der Waals surface area contributed by atoms with E-state index in [1.165, 1.54) is 29.9 Å². The second kappa shape index (κ2) is 13.5. The van der Waals surface area contributed by atoms with Crippen molar-refractivity contribution >= 4 is 16.8 Å². The molecule has 3 heterocycles. The summed E-state index contributed by atoms with van der Waals surface area (Å²) in [5.41, 5.74) is 9.59. The number of ether oxygens (including phenoxy) is 1. The van der Waals surface area contributed by atoms with E-state index >= 15 is 4.39 Å². The molecule has 1 aliphatic heterocycles. The summed E-state index contributed by atoms with van der Waals surface area (Å²) < 4.78 is 39.6. The van der Waals surface area contributed by atoms with Crippen LogP contribution in [0, 0.1) is 18.6 Å². The topological polar surface area (TPSA) is 104 Å². The zero-order chi connectivity index (χ0) is 32.4. The Kier molecular flexibility index (Phi) is 9.69. The molecule has 0 saturated carbocycles. The van der Waals surface area contributed by atoms with Crippen LogP contribution < -0.4 is 17.0 Å². The number of methoxy groups -OCH3 is 1. The van der Waals surface area contributed by atoms with Crippen LogP contribution >= 0.6 is 0 Å². The minimum Gasteiger partial charge on any atom is -0.385 e. The number of hydrogen-bond acceptors (Lipinski definition) is 5. The molecule has 1 saturated heterocycles. The molecule has 1 fully saturated rings. The Morgan fingerprint density at radius 2 is 1.80 bits per heavy atom. The molecular formula is C34H41F2N5O4. The number of aromatic nitrogens is 3. The number of nitrogens with zero attached hydrogens (tertiary/aromatic N) is 4. The first-order chi connectivity index (χ1) is 21.5. The van der Waals surface area contributed by atoms with E-state index in [1.807, 2.05) is 40.7 Å². The van der Waals surface area contributed by atoms with Crippen LogP contribution in [0.5, 0.6) is 0 Å². The summed E-state index contributed by atoms with van der Waals surface area (Å²) >= 11 is 0. The van der Waals surface area contributed by atoms with E-state index in [0.29, 0.717) is 55.6 Å². The van der Waals surface area contributed by atoms with Crippen LogP contribution in [0.15, 0.2) is 52.2 Å². The van der Waals surface area contributed by atoms with Crippen molar-refractivity contribution in [1.82, 2.24) is 18.6 Å². The van der Waals surface area contributed by atoms with E-state index < -0.39 is 23.4 Å². The van der Waals surface area contributed by atoms with Crippen molar-refractivity contribution in [2.45, 2.75) is 57.5 Å². The highest BCUT2D eigenvalue weighted by atomic mass is 19.1. The van der Waals surface area contributed by atoms with Gasteiger partial charge in [-0.25, -0.2) is 13.6 Å². The Hall–Kier alpha value is -4.09. The van der Waals surface area contributed by atoms with Gasteiger partial charge in [-0.3, -0.25) is 14.2 Å². The number of halogens is 2. The molecule has 2 N–H and O–H groups in total. The molecule has 1 aliphatic rings. The lowest BCUT2D eigenvalue weighted by Crippen LogP contribution is -2.42. The smallest absolute Gasteiger partial charge is 0.330 e. The van der Waals surface area contributed by atoms with Gasteiger partial charge in [-0.2, -0.15) is 0 Å². The Morgan fingerprint density at radius 3 is 2.51 bits per heavy atom. The third kappa shape index (κ3) is 6.50. The van der Waals surface area contributed by atoms with E-state index in [2.05, 4.69) is 0 Å². The average Bonchev–Trinajstić information content (AvgIpc) is 3.33. The van der Waals surface area contributed by atoms with Crippen LogP contribution in [0.4, 0.5) is 8.78 Å². The van der Waals surface area contributed by atoms with Crippen molar-refractivity contribution in [3.63, 3.8) is 0 Å². The molecule has 2 aromatic heterocycles. The van der Waals surface area contributed by atoms with Gasteiger partial charge >= 0.3 is 5.69 Å². The third-order valence-electron chi connectivity index (χ3n) is 8.93. The van der Waals surface area contributed by atoms with Gasteiger partial charge in [0.1, 0.15) is 11.6 Å². The van der Waals surface area contributed by atoms with Gasteiger partial charge in [-0.15, -0.1) is 0 Å². The van der Waals surface area contributed by atoms with Gasteiger partial charge < -0.3 is 24.5 Å². The second-order valence-electron chi connectivity index (χ2n) is 12.1. The lowest BCUT2D eigenvalue weighted by molar-refractivity contribution is -0.132. The molecule has 5 rings (SSSR count). The van der Waals surface area contributed by atoms with Crippen molar-refractivity contribution in [2.75, 3.05) is 26.8 Å². The lowest BCUT2D eigenvalue weighted by Gasteiger charge is -2.34. The molecule has 1 amide bonds. The van der Waals surface area contributed by atoms with E-state index in [9.17, 15) is 18.8 Å². The maximum absolute atomic E-state index is 15.1. The number of carbonyl (C=O) groups excluding carboxylic acids is 1. The van der Waals surface area contributed by atoms with Crippen molar-refractivity contribution in [1.29, 1.82) is 0 Å². The quantitative estimate of drug-likeness (QED) is 0.270. The van der Waals surface area contributed by atoms with E-state index in [1.54, 1.807) is 14.2 Å². The zero-order valence-corrected chi connectivity index (χ0v) is 26.3. The first-order valence-corrected chi connectivity index (χ1v) is 15.4. The molecule has 240 valence electrons. The normalized spacial score (nSPS) is 16.0. The minimum absolute atomic E-state index is 0.0467. The maximum Gasteiger partial charge on any atom is 0.330 e. The van der Waals surface area contributed by atoms with Gasteiger partial charge in [0.15, 0.2) is 0 Å². The molecule has 11 heteroatoms. The molecule has 0 aliphatic carbocycles. The Morgan fingerprint density at radius 1 is 1.09 bits per heavy atom. The van der Waals surface area contributed by atoms with Crippen LogP contribution in [-0.4, -0.2) is 57.4 Å². The van der Waals surface area contributed by atoms with Crippen LogP contribution in [0.1, 0.15) is 48.4 Å². The Labute approximate surface area is 260 Å². The predicted molar refractivity (Wildman–Crippen MR) is 170 cm³/mol. The fraction of sp³-hybridized carbons (Fsp3) is 0.441. The monoisotopic (exact) mass is 621 g/mol. The number of nitrogens with two attached hydrogens (primary N) is 1. The summed E-state index contributed by atoms with van der Waals surface area (Å²) in [7, 11) is 4.67. The number of benzene rings is 2. The van der Waals surface area contributed by atoms with Gasteiger partial charge in [-0.1, -0.05) is 24.3 Å². The lowest BCUT2D eigenvalue weighted by atomic mass is 9.91. The molecule has 2 unspecified atom stereocenters. The highest BCUT2D eigenvalue weighted by Gasteiger charge is 2.31. The summed E-state index contributed by atoms with van der Waals surface area (Å²) in [6.07, 6.45) is 4.40. The Balaban J connectivity index is 1.28. The molecule has 2 aromatic carbocycles. The number of likely N-dealkylation sites (tertiary alicyclic amines) is 1. The summed E-state index contributed by atoms with van der Waals surface area (Å²) in [5.74, 6) is -1.02. The van der Waals surface area contributed by atoms with Crippen molar-refractivity contribution in [3.05, 3.63) is 91.9 Å². The summed E-state index contributed by atoms with van der Waals surface area (Å²) in [6.45, 7) is 3.89. The molecular weight excluding hydrogens is 580 g/mol. The van der Waals surface area contributed by atoms with Crippen molar-refractivity contribution < 1.29 is 18.3 Å². The maximum atomic E-state index is 15.1. The average molecular weight is 622 g/mol. The molecule has 0 bridgehead atoms. The number of fused-ring (bicyclic) bond motifs is 1. The van der Waals surface area contributed by atoms with Gasteiger partial charge in [0, 0.05) is 83.1 Å². The zero-order valence-electron chi connectivity index (χ0n) is 26.3. The third-order valence-corrected chi connectivity index (χ3v) is 8.93. The van der Waals surface area contributed by atoms with Gasteiger partial charge in [0.05, 0.1) is 11.1 Å². The highest BCUT2D eigenvalue weighted by Crippen LogP contribution is 2.38. The highest BCUT2D eigenvalue weighted by molar-refractivity contribution is 5.87. The molecule has 0 radical (unpaired) electrons. The number of amides is 1. The van der Waals surface area contributed by atoms with Gasteiger partial charge in [0.25, 0.3) is 5.56 Å². The van der Waals surface area contributed by atoms with E-state index in [-0.39, 0.29) is 29.3 Å². The fourth-order valence-corrected chi connectivity index (χ4v) is 6.72. The SMILES string of the molecule is COCCCn1c(C2CCCN(C(=O)CC(N)Cc3ccc(-c4cn(C)c(=O)n(C)c4=O)cc3)C2)c(C)c2c(F)ccc(F)c21. The van der Waals surface area contributed by atoms with Crippen LogP contribution in [-0.2, 0) is 36.6 Å². The van der Waals surface area contributed by atoms with Crippen LogP contribution in [0.3, 0.4) is 0 Å². The van der Waals surface area contributed by atoms with E-state index in [4.69, 9.17) is 10.5 Å². The van der Waals surface area contributed by atoms with Crippen LogP contribution in [0.2, 0.25) is 0 Å².